The number of thioether (sulfide) groups is 1. The fourth-order valence-corrected chi connectivity index (χ4v) is 3.77. The molecule has 2 aromatic rings. The minimum absolute atomic E-state index is 0.00894. The lowest BCUT2D eigenvalue weighted by atomic mass is 10.1. The third-order valence-corrected chi connectivity index (χ3v) is 5.03. The highest BCUT2D eigenvalue weighted by Gasteiger charge is 2.27. The van der Waals surface area contributed by atoms with E-state index in [1.165, 1.54) is 0 Å². The van der Waals surface area contributed by atoms with E-state index in [4.69, 9.17) is 9.47 Å². The second kappa shape index (κ2) is 6.76. The molecule has 1 aromatic carbocycles. The monoisotopic (exact) mass is 347 g/mol. The molecule has 1 amide bonds. The third-order valence-electron chi connectivity index (χ3n) is 3.74. The van der Waals surface area contributed by atoms with Gasteiger partial charge in [-0.1, -0.05) is 6.07 Å². The number of nitrogens with one attached hydrogen (secondary N) is 1. The lowest BCUT2D eigenvalue weighted by molar-refractivity contribution is -0.113. The van der Waals surface area contributed by atoms with Crippen LogP contribution in [0.1, 0.15) is 30.2 Å². The minimum Gasteiger partial charge on any atom is -0.493 e. The summed E-state index contributed by atoms with van der Waals surface area (Å²) < 4.78 is 13.0. The normalized spacial score (nSPS) is 17.2. The quantitative estimate of drug-likeness (QED) is 0.921. The van der Waals surface area contributed by atoms with Gasteiger partial charge in [-0.3, -0.25) is 9.48 Å². The maximum absolute atomic E-state index is 12.0. The fourth-order valence-electron chi connectivity index (χ4n) is 2.69. The van der Waals surface area contributed by atoms with E-state index < -0.39 is 0 Å². The van der Waals surface area contributed by atoms with Crippen LogP contribution in [0.5, 0.6) is 11.5 Å². The fraction of sp³-hybridized carbons (Fsp3) is 0.412. The van der Waals surface area contributed by atoms with Crippen molar-refractivity contribution in [3.63, 3.8) is 0 Å². The van der Waals surface area contributed by atoms with E-state index in [1.54, 1.807) is 23.6 Å². The maximum Gasteiger partial charge on any atom is 0.235 e. The number of amides is 1. The number of anilines is 1. The number of benzene rings is 1. The first-order chi connectivity index (χ1) is 11.5. The molecule has 0 aliphatic carbocycles. The number of aryl methyl sites for hydroxylation is 1. The molecule has 6 nitrogen and oxygen atoms in total. The number of fused-ring (bicyclic) bond motifs is 1. The van der Waals surface area contributed by atoms with Gasteiger partial charge in [0.25, 0.3) is 0 Å². The number of ether oxygens (including phenoxy) is 2. The van der Waals surface area contributed by atoms with Crippen LogP contribution in [-0.4, -0.2) is 34.7 Å². The van der Waals surface area contributed by atoms with Gasteiger partial charge in [0.1, 0.15) is 5.82 Å². The molecule has 128 valence electrons. The van der Waals surface area contributed by atoms with Crippen LogP contribution in [0.2, 0.25) is 0 Å². The van der Waals surface area contributed by atoms with Crippen molar-refractivity contribution in [3.05, 3.63) is 35.5 Å². The lowest BCUT2D eigenvalue weighted by Crippen LogP contribution is -2.15. The highest BCUT2D eigenvalue weighted by atomic mass is 32.2. The molecule has 0 radical (unpaired) electrons. The van der Waals surface area contributed by atoms with Crippen LogP contribution in [0.4, 0.5) is 5.82 Å². The van der Waals surface area contributed by atoms with Gasteiger partial charge in [-0.05, 0) is 31.5 Å². The molecule has 1 aromatic heterocycles. The smallest absolute Gasteiger partial charge is 0.235 e. The number of aromatic nitrogens is 2. The Morgan fingerprint density at radius 3 is 2.88 bits per heavy atom. The Labute approximate surface area is 145 Å². The summed E-state index contributed by atoms with van der Waals surface area (Å²) in [6.45, 7) is 3.96. The molecule has 2 heterocycles. The summed E-state index contributed by atoms with van der Waals surface area (Å²) in [4.78, 5) is 12.0. The van der Waals surface area contributed by atoms with Gasteiger partial charge in [-0.2, -0.15) is 5.10 Å². The Balaban J connectivity index is 2.00. The predicted octanol–water partition coefficient (Wildman–Crippen LogP) is 2.99. The van der Waals surface area contributed by atoms with Crippen LogP contribution in [0.15, 0.2) is 24.4 Å². The van der Waals surface area contributed by atoms with Crippen molar-refractivity contribution in [2.75, 3.05) is 18.2 Å². The van der Waals surface area contributed by atoms with Crippen molar-refractivity contribution in [1.82, 2.24) is 9.78 Å². The standard InChI is InChI=1S/C17H21N3O3S/c1-10(2)23-13-6-5-11(7-14(13)22-4)16-12-8-18-20(3)17(12)19-15(21)9-24-16/h5-8,10,16H,9H2,1-4H3,(H,19,21). The first-order valence-corrected chi connectivity index (χ1v) is 8.82. The van der Waals surface area contributed by atoms with Gasteiger partial charge >= 0.3 is 0 Å². The zero-order valence-corrected chi connectivity index (χ0v) is 15.0. The summed E-state index contributed by atoms with van der Waals surface area (Å²) in [6.07, 6.45) is 1.88. The molecular formula is C17H21N3O3S. The van der Waals surface area contributed by atoms with Crippen LogP contribution in [0.25, 0.3) is 0 Å². The Morgan fingerprint density at radius 2 is 2.17 bits per heavy atom. The molecule has 0 fully saturated rings. The van der Waals surface area contributed by atoms with Crippen molar-refractivity contribution in [1.29, 1.82) is 0 Å². The zero-order valence-electron chi connectivity index (χ0n) is 14.2. The van der Waals surface area contributed by atoms with Crippen LogP contribution in [0, 0.1) is 0 Å². The van der Waals surface area contributed by atoms with Gasteiger partial charge in [-0.15, -0.1) is 11.8 Å². The Hall–Kier alpha value is -2.15. The van der Waals surface area contributed by atoms with Crippen LogP contribution < -0.4 is 14.8 Å². The average molecular weight is 347 g/mol. The summed E-state index contributed by atoms with van der Waals surface area (Å²) in [5, 5.41) is 7.21. The summed E-state index contributed by atoms with van der Waals surface area (Å²) in [6, 6.07) is 5.91. The number of hydrogen-bond donors (Lipinski definition) is 1. The molecular weight excluding hydrogens is 326 g/mol. The van der Waals surface area contributed by atoms with E-state index in [1.807, 2.05) is 45.3 Å². The summed E-state index contributed by atoms with van der Waals surface area (Å²) in [7, 11) is 3.46. The molecule has 0 saturated heterocycles. The van der Waals surface area contributed by atoms with E-state index in [0.29, 0.717) is 11.5 Å². The van der Waals surface area contributed by atoms with Gasteiger partial charge < -0.3 is 14.8 Å². The average Bonchev–Trinajstić information content (AvgIpc) is 2.80. The lowest BCUT2D eigenvalue weighted by Gasteiger charge is -2.18. The molecule has 1 atom stereocenters. The predicted molar refractivity (Wildman–Crippen MR) is 94.9 cm³/mol. The van der Waals surface area contributed by atoms with Gasteiger partial charge in [0.2, 0.25) is 5.91 Å². The van der Waals surface area contributed by atoms with E-state index >= 15 is 0 Å². The first-order valence-electron chi connectivity index (χ1n) is 7.77. The van der Waals surface area contributed by atoms with Gasteiger partial charge in [-0.25, -0.2) is 0 Å². The number of carbonyl (C=O) groups excluding carboxylic acids is 1. The Morgan fingerprint density at radius 1 is 1.38 bits per heavy atom. The molecule has 0 saturated carbocycles. The number of nitrogens with zero attached hydrogens (tertiary/aromatic N) is 2. The van der Waals surface area contributed by atoms with Crippen molar-refractivity contribution >= 4 is 23.5 Å². The molecule has 7 heteroatoms. The molecule has 1 aliphatic heterocycles. The van der Waals surface area contributed by atoms with E-state index in [9.17, 15) is 4.79 Å². The van der Waals surface area contributed by atoms with Crippen LogP contribution in [0.3, 0.4) is 0 Å². The highest BCUT2D eigenvalue weighted by molar-refractivity contribution is 8.00. The zero-order chi connectivity index (χ0) is 17.3. The molecule has 3 rings (SSSR count). The molecule has 1 aliphatic rings. The molecule has 1 unspecified atom stereocenters. The first kappa shape index (κ1) is 16.7. The van der Waals surface area contributed by atoms with E-state index in [0.717, 1.165) is 22.7 Å². The largest absolute Gasteiger partial charge is 0.493 e. The second-order valence-corrected chi connectivity index (χ2v) is 6.98. The molecule has 0 spiro atoms. The summed E-state index contributed by atoms with van der Waals surface area (Å²) in [5.41, 5.74) is 2.05. The Kier molecular flexibility index (Phi) is 4.71. The van der Waals surface area contributed by atoms with E-state index in [-0.39, 0.29) is 17.3 Å². The molecule has 1 N–H and O–H groups in total. The number of rotatable bonds is 4. The summed E-state index contributed by atoms with van der Waals surface area (Å²) >= 11 is 1.58. The molecule has 24 heavy (non-hydrogen) atoms. The second-order valence-electron chi connectivity index (χ2n) is 5.89. The van der Waals surface area contributed by atoms with Crippen molar-refractivity contribution in [2.45, 2.75) is 25.2 Å². The van der Waals surface area contributed by atoms with Crippen molar-refractivity contribution in [2.24, 2.45) is 7.05 Å². The van der Waals surface area contributed by atoms with Crippen LogP contribution in [-0.2, 0) is 11.8 Å². The third kappa shape index (κ3) is 3.21. The van der Waals surface area contributed by atoms with Gasteiger partial charge in [0.15, 0.2) is 11.5 Å². The maximum atomic E-state index is 12.0. The van der Waals surface area contributed by atoms with Crippen LogP contribution >= 0.6 is 11.8 Å². The number of hydrogen-bond acceptors (Lipinski definition) is 5. The van der Waals surface area contributed by atoms with Gasteiger partial charge in [0.05, 0.1) is 30.4 Å². The summed E-state index contributed by atoms with van der Waals surface area (Å²) in [5.74, 6) is 2.54. The number of methoxy groups -OCH3 is 1. The highest BCUT2D eigenvalue weighted by Crippen LogP contribution is 2.43. The SMILES string of the molecule is COc1cc(C2SCC(=O)Nc3c2cnn3C)ccc1OC(C)C. The number of carbonyl (C=O) groups is 1. The molecule has 0 bridgehead atoms. The van der Waals surface area contributed by atoms with Crippen molar-refractivity contribution in [3.8, 4) is 11.5 Å². The van der Waals surface area contributed by atoms with Crippen molar-refractivity contribution < 1.29 is 14.3 Å². The Bertz CT molecular complexity index is 758. The minimum atomic E-state index is -0.0147. The topological polar surface area (TPSA) is 65.4 Å². The van der Waals surface area contributed by atoms with Gasteiger partial charge in [0, 0.05) is 12.6 Å². The van der Waals surface area contributed by atoms with E-state index in [2.05, 4.69) is 10.4 Å².